The van der Waals surface area contributed by atoms with Crippen molar-refractivity contribution in [2.45, 2.75) is 52.9 Å². The molecule has 0 aliphatic rings. The van der Waals surface area contributed by atoms with Crippen molar-refractivity contribution in [3.05, 3.63) is 9.66 Å². The molecule has 2 nitrogen and oxygen atoms in total. The second-order valence-corrected chi connectivity index (χ2v) is 5.16. The molecular weight excluding hydrogens is 315 g/mol. The summed E-state index contributed by atoms with van der Waals surface area (Å²) in [6, 6.07) is 0. The minimum absolute atomic E-state index is 0.105. The molecule has 0 amide bonds. The zero-order valence-electron chi connectivity index (χ0n) is 10.6. The molecule has 0 aromatic heterocycles. The molecule has 1 unspecified atom stereocenters. The van der Waals surface area contributed by atoms with Crippen molar-refractivity contribution >= 4 is 28.6 Å². The lowest BCUT2D eigenvalue weighted by atomic mass is 10.1. The standard InChI is InChI=1S/C13H23IO2/c1-4-6-7-8-9-10-12(14)11(3)13(15)16-5-2/h10-11H,4-9H2,1-3H3/b12-10+. The third-order valence-electron chi connectivity index (χ3n) is 2.45. The van der Waals surface area contributed by atoms with Gasteiger partial charge in [-0.25, -0.2) is 0 Å². The van der Waals surface area contributed by atoms with E-state index >= 15 is 0 Å². The van der Waals surface area contributed by atoms with Crippen LogP contribution in [-0.2, 0) is 9.53 Å². The Kier molecular flexibility index (Phi) is 10.1. The van der Waals surface area contributed by atoms with Crippen LogP contribution in [0.1, 0.15) is 52.9 Å². The first-order chi connectivity index (χ1) is 7.63. The summed E-state index contributed by atoms with van der Waals surface area (Å²) in [7, 11) is 0. The molecule has 0 heterocycles. The highest BCUT2D eigenvalue weighted by Gasteiger charge is 2.16. The van der Waals surface area contributed by atoms with Crippen LogP contribution < -0.4 is 0 Å². The molecule has 94 valence electrons. The number of ether oxygens (including phenoxy) is 1. The van der Waals surface area contributed by atoms with Gasteiger partial charge in [0.05, 0.1) is 12.5 Å². The Bertz CT molecular complexity index is 224. The number of carbonyl (C=O) groups is 1. The van der Waals surface area contributed by atoms with Gasteiger partial charge in [0.25, 0.3) is 0 Å². The fraction of sp³-hybridized carbons (Fsp3) is 0.769. The maximum absolute atomic E-state index is 11.5. The van der Waals surface area contributed by atoms with Gasteiger partial charge in [0.1, 0.15) is 0 Å². The van der Waals surface area contributed by atoms with Gasteiger partial charge >= 0.3 is 5.97 Å². The van der Waals surface area contributed by atoms with Crippen molar-refractivity contribution < 1.29 is 9.53 Å². The van der Waals surface area contributed by atoms with Crippen LogP contribution in [0.15, 0.2) is 9.66 Å². The number of unbranched alkanes of at least 4 members (excludes halogenated alkanes) is 4. The number of hydrogen-bond acceptors (Lipinski definition) is 2. The number of esters is 1. The highest BCUT2D eigenvalue weighted by Crippen LogP contribution is 2.21. The molecular formula is C13H23IO2. The monoisotopic (exact) mass is 338 g/mol. The molecule has 0 aliphatic heterocycles. The molecule has 0 rings (SSSR count). The van der Waals surface area contributed by atoms with Crippen molar-refractivity contribution in [3.63, 3.8) is 0 Å². The van der Waals surface area contributed by atoms with Gasteiger partial charge in [-0.05, 0) is 49.3 Å². The Morgan fingerprint density at radius 1 is 1.31 bits per heavy atom. The van der Waals surface area contributed by atoms with Crippen molar-refractivity contribution in [3.8, 4) is 0 Å². The molecule has 3 heteroatoms. The summed E-state index contributed by atoms with van der Waals surface area (Å²) in [4.78, 5) is 11.5. The molecule has 0 bridgehead atoms. The summed E-state index contributed by atoms with van der Waals surface area (Å²) in [5.74, 6) is -0.219. The van der Waals surface area contributed by atoms with Gasteiger partial charge in [0.15, 0.2) is 0 Å². The molecule has 0 aromatic rings. The maximum Gasteiger partial charge on any atom is 0.313 e. The highest BCUT2D eigenvalue weighted by molar-refractivity contribution is 14.1. The lowest BCUT2D eigenvalue weighted by molar-refractivity contribution is -0.145. The van der Waals surface area contributed by atoms with Crippen molar-refractivity contribution in [1.29, 1.82) is 0 Å². The molecule has 0 aliphatic carbocycles. The average molecular weight is 338 g/mol. The molecule has 0 N–H and O–H groups in total. The summed E-state index contributed by atoms with van der Waals surface area (Å²) in [5.41, 5.74) is 0. The Labute approximate surface area is 113 Å². The van der Waals surface area contributed by atoms with Crippen LogP contribution in [0.5, 0.6) is 0 Å². The van der Waals surface area contributed by atoms with Crippen molar-refractivity contribution in [2.75, 3.05) is 6.61 Å². The lowest BCUT2D eigenvalue weighted by Crippen LogP contribution is -2.14. The van der Waals surface area contributed by atoms with Crippen molar-refractivity contribution in [1.82, 2.24) is 0 Å². The van der Waals surface area contributed by atoms with E-state index in [4.69, 9.17) is 4.74 Å². The SMILES string of the molecule is CCCCCC/C=C(/I)C(C)C(=O)OCC. The summed E-state index contributed by atoms with van der Waals surface area (Å²) >= 11 is 2.24. The first-order valence-corrected chi connectivity index (χ1v) is 7.23. The molecule has 0 aromatic carbocycles. The van der Waals surface area contributed by atoms with E-state index in [9.17, 15) is 4.79 Å². The third-order valence-corrected chi connectivity index (χ3v) is 3.83. The van der Waals surface area contributed by atoms with Crippen LogP contribution in [0.25, 0.3) is 0 Å². The predicted molar refractivity (Wildman–Crippen MR) is 76.7 cm³/mol. The van der Waals surface area contributed by atoms with Gasteiger partial charge in [0, 0.05) is 3.58 Å². The third kappa shape index (κ3) is 7.25. The fourth-order valence-corrected chi connectivity index (χ4v) is 1.93. The van der Waals surface area contributed by atoms with E-state index in [1.165, 1.54) is 25.7 Å². The highest BCUT2D eigenvalue weighted by atomic mass is 127. The summed E-state index contributed by atoms with van der Waals surface area (Å²) in [6.07, 6.45) is 8.30. The van der Waals surface area contributed by atoms with Gasteiger partial charge in [-0.15, -0.1) is 0 Å². The first kappa shape index (κ1) is 15.9. The summed E-state index contributed by atoms with van der Waals surface area (Å²) < 4.78 is 6.09. The number of carbonyl (C=O) groups excluding carboxylic acids is 1. The van der Waals surface area contributed by atoms with Gasteiger partial charge in [-0.1, -0.05) is 32.3 Å². The number of allylic oxidation sites excluding steroid dienone is 1. The Morgan fingerprint density at radius 3 is 2.56 bits per heavy atom. The van der Waals surface area contributed by atoms with E-state index in [2.05, 4.69) is 35.6 Å². The maximum atomic E-state index is 11.5. The second kappa shape index (κ2) is 10.1. The fourth-order valence-electron chi connectivity index (χ4n) is 1.37. The average Bonchev–Trinajstić information content (AvgIpc) is 2.27. The lowest BCUT2D eigenvalue weighted by Gasteiger charge is -2.09. The molecule has 0 saturated carbocycles. The Balaban J connectivity index is 3.87. The number of rotatable bonds is 8. The number of hydrogen-bond donors (Lipinski definition) is 0. The molecule has 1 atom stereocenters. The molecule has 0 saturated heterocycles. The van der Waals surface area contributed by atoms with Gasteiger partial charge in [-0.2, -0.15) is 0 Å². The van der Waals surface area contributed by atoms with Crippen LogP contribution in [-0.4, -0.2) is 12.6 Å². The van der Waals surface area contributed by atoms with Crippen molar-refractivity contribution in [2.24, 2.45) is 5.92 Å². The minimum atomic E-state index is -0.114. The predicted octanol–water partition coefficient (Wildman–Crippen LogP) is 4.47. The normalized spacial score (nSPS) is 13.6. The van der Waals surface area contributed by atoms with Crippen LogP contribution in [0.3, 0.4) is 0 Å². The topological polar surface area (TPSA) is 26.3 Å². The molecule has 0 fully saturated rings. The van der Waals surface area contributed by atoms with E-state index in [0.29, 0.717) is 6.61 Å². The summed E-state index contributed by atoms with van der Waals surface area (Å²) in [5, 5.41) is 0. The van der Waals surface area contributed by atoms with Crippen LogP contribution in [0, 0.1) is 5.92 Å². The second-order valence-electron chi connectivity index (χ2n) is 3.91. The Morgan fingerprint density at radius 2 is 2.00 bits per heavy atom. The zero-order chi connectivity index (χ0) is 12.4. The van der Waals surface area contributed by atoms with Gasteiger partial charge in [-0.3, -0.25) is 4.79 Å². The zero-order valence-corrected chi connectivity index (χ0v) is 12.7. The minimum Gasteiger partial charge on any atom is -0.466 e. The summed E-state index contributed by atoms with van der Waals surface area (Å²) in [6.45, 7) is 6.42. The molecule has 0 radical (unpaired) electrons. The van der Waals surface area contributed by atoms with Gasteiger partial charge in [0.2, 0.25) is 0 Å². The van der Waals surface area contributed by atoms with Crippen LogP contribution in [0.4, 0.5) is 0 Å². The van der Waals surface area contributed by atoms with E-state index in [1.54, 1.807) is 0 Å². The van der Waals surface area contributed by atoms with Crippen LogP contribution in [0.2, 0.25) is 0 Å². The molecule has 0 spiro atoms. The largest absolute Gasteiger partial charge is 0.466 e. The molecule has 16 heavy (non-hydrogen) atoms. The van der Waals surface area contributed by atoms with E-state index in [0.717, 1.165) is 10.0 Å². The Hall–Kier alpha value is -0.0600. The van der Waals surface area contributed by atoms with E-state index < -0.39 is 0 Å². The number of halogens is 1. The smallest absolute Gasteiger partial charge is 0.313 e. The first-order valence-electron chi connectivity index (χ1n) is 6.15. The van der Waals surface area contributed by atoms with Gasteiger partial charge < -0.3 is 4.74 Å². The quantitative estimate of drug-likeness (QED) is 0.371. The van der Waals surface area contributed by atoms with E-state index in [-0.39, 0.29) is 11.9 Å². The van der Waals surface area contributed by atoms with Crippen LogP contribution >= 0.6 is 22.6 Å². The van der Waals surface area contributed by atoms with E-state index in [1.807, 2.05) is 13.8 Å².